The summed E-state index contributed by atoms with van der Waals surface area (Å²) in [6.45, 7) is 4.28. The molecule has 0 saturated carbocycles. The van der Waals surface area contributed by atoms with Gasteiger partial charge in [-0.15, -0.1) is 11.6 Å². The average Bonchev–Trinajstić information content (AvgIpc) is 3.05. The van der Waals surface area contributed by atoms with Crippen LogP contribution < -0.4 is 0 Å². The second-order valence-electron chi connectivity index (χ2n) is 5.11. The molecule has 0 saturated heterocycles. The Bertz CT molecular complexity index is 715. The van der Waals surface area contributed by atoms with Crippen LogP contribution in [-0.4, -0.2) is 9.55 Å². The maximum Gasteiger partial charge on any atom is 0.125 e. The molecule has 0 spiro atoms. The molecule has 3 rings (SSSR count). The first-order chi connectivity index (χ1) is 9.70. The van der Waals surface area contributed by atoms with Crippen LogP contribution in [0.4, 0.5) is 0 Å². The Labute approximate surface area is 123 Å². The van der Waals surface area contributed by atoms with Gasteiger partial charge in [0.15, 0.2) is 0 Å². The van der Waals surface area contributed by atoms with Gasteiger partial charge in [0.2, 0.25) is 0 Å². The zero-order chi connectivity index (χ0) is 14.1. The van der Waals surface area contributed by atoms with Gasteiger partial charge in [0.05, 0.1) is 23.2 Å². The summed E-state index contributed by atoms with van der Waals surface area (Å²) in [6, 6.07) is 10.3. The Morgan fingerprint density at radius 3 is 2.85 bits per heavy atom. The van der Waals surface area contributed by atoms with E-state index >= 15 is 0 Å². The van der Waals surface area contributed by atoms with E-state index in [9.17, 15) is 0 Å². The molecular formula is C16H17ClN2O. The van der Waals surface area contributed by atoms with E-state index < -0.39 is 0 Å². The van der Waals surface area contributed by atoms with Crippen LogP contribution in [-0.2, 0) is 12.3 Å². The first kappa shape index (κ1) is 13.3. The van der Waals surface area contributed by atoms with Crippen molar-refractivity contribution >= 4 is 22.6 Å². The Morgan fingerprint density at radius 1 is 1.30 bits per heavy atom. The van der Waals surface area contributed by atoms with E-state index in [1.165, 1.54) is 11.1 Å². The van der Waals surface area contributed by atoms with Crippen molar-refractivity contribution in [3.8, 4) is 0 Å². The number of benzene rings is 1. The number of imidazole rings is 1. The standard InChI is InChI=1S/C16H17ClN2O/c1-11-5-3-7-14-16(11)19(15(10-17)18-14)12(2)9-13-6-4-8-20-13/h3-8,12H,9-10H2,1-2H3. The molecule has 0 aliphatic rings. The number of halogens is 1. The number of fused-ring (bicyclic) bond motifs is 1. The van der Waals surface area contributed by atoms with Gasteiger partial charge in [-0.2, -0.15) is 0 Å². The van der Waals surface area contributed by atoms with Gasteiger partial charge in [-0.05, 0) is 37.6 Å². The molecule has 3 aromatic rings. The molecule has 1 unspecified atom stereocenters. The molecule has 104 valence electrons. The number of nitrogens with zero attached hydrogens (tertiary/aromatic N) is 2. The maximum atomic E-state index is 6.08. The number of hydrogen-bond donors (Lipinski definition) is 0. The van der Waals surface area contributed by atoms with Crippen molar-refractivity contribution in [3.05, 3.63) is 53.7 Å². The fourth-order valence-electron chi connectivity index (χ4n) is 2.75. The lowest BCUT2D eigenvalue weighted by atomic mass is 10.1. The molecule has 0 aliphatic carbocycles. The first-order valence-electron chi connectivity index (χ1n) is 6.75. The lowest BCUT2D eigenvalue weighted by Crippen LogP contribution is -2.11. The van der Waals surface area contributed by atoms with Gasteiger partial charge < -0.3 is 8.98 Å². The number of alkyl halides is 1. The molecule has 0 fully saturated rings. The predicted octanol–water partition coefficient (Wildman–Crippen LogP) is 4.48. The van der Waals surface area contributed by atoms with Crippen LogP contribution in [0.3, 0.4) is 0 Å². The van der Waals surface area contributed by atoms with Gasteiger partial charge >= 0.3 is 0 Å². The largest absolute Gasteiger partial charge is 0.469 e. The number of furan rings is 1. The summed E-state index contributed by atoms with van der Waals surface area (Å²) >= 11 is 6.08. The van der Waals surface area contributed by atoms with Gasteiger partial charge in [-0.1, -0.05) is 12.1 Å². The van der Waals surface area contributed by atoms with Gasteiger partial charge in [0, 0.05) is 12.5 Å². The van der Waals surface area contributed by atoms with Crippen molar-refractivity contribution in [3.63, 3.8) is 0 Å². The van der Waals surface area contributed by atoms with E-state index in [0.717, 1.165) is 23.5 Å². The Hall–Kier alpha value is -1.74. The number of para-hydroxylation sites is 1. The Kier molecular flexibility index (Phi) is 3.53. The molecule has 3 nitrogen and oxygen atoms in total. The van der Waals surface area contributed by atoms with E-state index in [4.69, 9.17) is 16.0 Å². The molecule has 0 N–H and O–H groups in total. The predicted molar refractivity (Wildman–Crippen MR) is 81.2 cm³/mol. The van der Waals surface area contributed by atoms with Gasteiger partial charge in [0.25, 0.3) is 0 Å². The normalized spacial score (nSPS) is 12.9. The van der Waals surface area contributed by atoms with Crippen LogP contribution in [0, 0.1) is 6.92 Å². The molecular weight excluding hydrogens is 272 g/mol. The van der Waals surface area contributed by atoms with Crippen LogP contribution in [0.25, 0.3) is 11.0 Å². The fraction of sp³-hybridized carbons (Fsp3) is 0.312. The quantitative estimate of drug-likeness (QED) is 0.663. The summed E-state index contributed by atoms with van der Waals surface area (Å²) in [5, 5.41) is 0. The van der Waals surface area contributed by atoms with Crippen LogP contribution >= 0.6 is 11.6 Å². The van der Waals surface area contributed by atoms with E-state index in [-0.39, 0.29) is 6.04 Å². The minimum atomic E-state index is 0.251. The van der Waals surface area contributed by atoms with Gasteiger partial charge in [-0.25, -0.2) is 4.98 Å². The number of aryl methyl sites for hydroxylation is 1. The maximum absolute atomic E-state index is 6.08. The molecule has 0 amide bonds. The highest BCUT2D eigenvalue weighted by atomic mass is 35.5. The third-order valence-corrected chi connectivity index (χ3v) is 3.86. The molecule has 20 heavy (non-hydrogen) atoms. The van der Waals surface area contributed by atoms with Gasteiger partial charge in [-0.3, -0.25) is 0 Å². The minimum Gasteiger partial charge on any atom is -0.469 e. The highest BCUT2D eigenvalue weighted by molar-refractivity contribution is 6.16. The van der Waals surface area contributed by atoms with E-state index in [1.807, 2.05) is 24.3 Å². The topological polar surface area (TPSA) is 31.0 Å². The molecule has 2 aromatic heterocycles. The lowest BCUT2D eigenvalue weighted by Gasteiger charge is -2.17. The fourth-order valence-corrected chi connectivity index (χ4v) is 2.94. The molecule has 1 atom stereocenters. The third kappa shape index (κ3) is 2.22. The summed E-state index contributed by atoms with van der Waals surface area (Å²) in [6.07, 6.45) is 2.54. The molecule has 0 aliphatic heterocycles. The molecule has 1 aromatic carbocycles. The van der Waals surface area contributed by atoms with Crippen molar-refractivity contribution in [2.75, 3.05) is 0 Å². The number of hydrogen-bond acceptors (Lipinski definition) is 2. The van der Waals surface area contributed by atoms with Crippen LogP contribution in [0.1, 0.15) is 30.1 Å². The summed E-state index contributed by atoms with van der Waals surface area (Å²) < 4.78 is 7.69. The highest BCUT2D eigenvalue weighted by Gasteiger charge is 2.17. The monoisotopic (exact) mass is 288 g/mol. The smallest absolute Gasteiger partial charge is 0.125 e. The molecule has 4 heteroatoms. The second-order valence-corrected chi connectivity index (χ2v) is 5.37. The Morgan fingerprint density at radius 2 is 2.15 bits per heavy atom. The van der Waals surface area contributed by atoms with E-state index in [1.54, 1.807) is 6.26 Å². The number of aromatic nitrogens is 2. The van der Waals surface area contributed by atoms with E-state index in [2.05, 4.69) is 29.5 Å². The van der Waals surface area contributed by atoms with Crippen molar-refractivity contribution in [1.29, 1.82) is 0 Å². The summed E-state index contributed by atoms with van der Waals surface area (Å²) in [4.78, 5) is 4.64. The minimum absolute atomic E-state index is 0.251. The summed E-state index contributed by atoms with van der Waals surface area (Å²) in [5.74, 6) is 2.31. The van der Waals surface area contributed by atoms with Crippen LogP contribution in [0.2, 0.25) is 0 Å². The van der Waals surface area contributed by atoms with Crippen molar-refractivity contribution in [2.45, 2.75) is 32.2 Å². The lowest BCUT2D eigenvalue weighted by molar-refractivity contribution is 0.449. The number of rotatable bonds is 4. The first-order valence-corrected chi connectivity index (χ1v) is 7.29. The van der Waals surface area contributed by atoms with E-state index in [0.29, 0.717) is 5.88 Å². The third-order valence-electron chi connectivity index (χ3n) is 3.62. The van der Waals surface area contributed by atoms with Crippen LogP contribution in [0.15, 0.2) is 41.0 Å². The zero-order valence-corrected chi connectivity index (χ0v) is 12.4. The average molecular weight is 289 g/mol. The molecule has 0 bridgehead atoms. The van der Waals surface area contributed by atoms with Crippen molar-refractivity contribution in [2.24, 2.45) is 0 Å². The summed E-state index contributed by atoms with van der Waals surface area (Å²) in [5.41, 5.74) is 3.40. The molecule has 2 heterocycles. The highest BCUT2D eigenvalue weighted by Crippen LogP contribution is 2.27. The zero-order valence-electron chi connectivity index (χ0n) is 11.6. The van der Waals surface area contributed by atoms with Crippen molar-refractivity contribution < 1.29 is 4.42 Å². The van der Waals surface area contributed by atoms with Gasteiger partial charge in [0.1, 0.15) is 11.6 Å². The van der Waals surface area contributed by atoms with Crippen molar-refractivity contribution in [1.82, 2.24) is 9.55 Å². The van der Waals surface area contributed by atoms with Crippen LogP contribution in [0.5, 0.6) is 0 Å². The SMILES string of the molecule is Cc1cccc2nc(CCl)n(C(C)Cc3ccco3)c12. The molecule has 0 radical (unpaired) electrons. The Balaban J connectivity index is 2.09. The summed E-state index contributed by atoms with van der Waals surface area (Å²) in [7, 11) is 0. The second kappa shape index (κ2) is 5.33.